The maximum absolute atomic E-state index is 12.6. The number of ether oxygens (including phenoxy) is 1. The Morgan fingerprint density at radius 2 is 1.77 bits per heavy atom. The molecule has 6 nitrogen and oxygen atoms in total. The van der Waals surface area contributed by atoms with Crippen molar-refractivity contribution in [3.05, 3.63) is 72.1 Å². The van der Waals surface area contributed by atoms with Gasteiger partial charge < -0.3 is 9.15 Å². The number of benzene rings is 2. The van der Waals surface area contributed by atoms with E-state index < -0.39 is 15.8 Å². The quantitative estimate of drug-likeness (QED) is 0.461. The van der Waals surface area contributed by atoms with E-state index in [-0.39, 0.29) is 11.5 Å². The van der Waals surface area contributed by atoms with E-state index in [1.165, 1.54) is 12.1 Å². The third-order valence-electron chi connectivity index (χ3n) is 5.21. The molecule has 5 rings (SSSR count). The van der Waals surface area contributed by atoms with Crippen molar-refractivity contribution in [2.45, 2.75) is 11.3 Å². The number of nitrogens with zero attached hydrogens (tertiary/aromatic N) is 1. The number of hydrogen-bond acceptors (Lipinski definition) is 6. The van der Waals surface area contributed by atoms with E-state index in [0.717, 1.165) is 22.7 Å². The second kappa shape index (κ2) is 6.81. The summed E-state index contributed by atoms with van der Waals surface area (Å²) >= 11 is 0. The van der Waals surface area contributed by atoms with Gasteiger partial charge in [-0.15, -0.1) is 0 Å². The van der Waals surface area contributed by atoms with Gasteiger partial charge in [0.05, 0.1) is 17.0 Å². The minimum absolute atomic E-state index is 0.210. The fourth-order valence-electron chi connectivity index (χ4n) is 3.81. The molecule has 1 aliphatic heterocycles. The van der Waals surface area contributed by atoms with Gasteiger partial charge in [0.2, 0.25) is 0 Å². The van der Waals surface area contributed by atoms with Gasteiger partial charge >= 0.3 is 5.97 Å². The summed E-state index contributed by atoms with van der Waals surface area (Å²) in [6.45, 7) is 0.266. The predicted octanol–water partition coefficient (Wildman–Crippen LogP) is 4.28. The van der Waals surface area contributed by atoms with Gasteiger partial charge in [-0.2, -0.15) is 0 Å². The van der Waals surface area contributed by atoms with Crippen LogP contribution in [0.3, 0.4) is 0 Å². The standard InChI is InChI=1S/C23H17NO5S/c1-30(26,27)15-9-7-14(8-10-15)20-21-19(11-13-28-23(21)25)29-22(20)17-4-2-6-18-16(17)5-3-12-24-18/h2-10,12H,11,13H2,1H3. The van der Waals surface area contributed by atoms with Gasteiger partial charge in [0, 0.05) is 35.4 Å². The first kappa shape index (κ1) is 18.6. The van der Waals surface area contributed by atoms with Crippen molar-refractivity contribution in [2.24, 2.45) is 0 Å². The molecule has 0 spiro atoms. The van der Waals surface area contributed by atoms with Gasteiger partial charge in [-0.05, 0) is 29.8 Å². The number of hydrogen-bond donors (Lipinski definition) is 0. The van der Waals surface area contributed by atoms with Crippen LogP contribution in [-0.4, -0.2) is 32.2 Å². The lowest BCUT2D eigenvalue weighted by Crippen LogP contribution is -2.16. The molecule has 0 bridgehead atoms. The number of carbonyl (C=O) groups excluding carboxylic acids is 1. The average molecular weight is 419 g/mol. The van der Waals surface area contributed by atoms with E-state index in [0.29, 0.717) is 34.6 Å². The van der Waals surface area contributed by atoms with Crippen molar-refractivity contribution >= 4 is 26.7 Å². The predicted molar refractivity (Wildman–Crippen MR) is 112 cm³/mol. The third kappa shape index (κ3) is 2.98. The molecule has 0 atom stereocenters. The van der Waals surface area contributed by atoms with E-state index in [4.69, 9.17) is 9.15 Å². The van der Waals surface area contributed by atoms with Crippen LogP contribution in [0.1, 0.15) is 16.1 Å². The average Bonchev–Trinajstić information content (AvgIpc) is 3.13. The van der Waals surface area contributed by atoms with Gasteiger partial charge in [-0.3, -0.25) is 4.98 Å². The normalized spacial score (nSPS) is 13.8. The van der Waals surface area contributed by atoms with Crippen LogP contribution in [0.4, 0.5) is 0 Å². The Kier molecular flexibility index (Phi) is 4.22. The molecule has 0 saturated carbocycles. The summed E-state index contributed by atoms with van der Waals surface area (Å²) in [4.78, 5) is 17.2. The number of furan rings is 1. The summed E-state index contributed by atoms with van der Waals surface area (Å²) in [6, 6.07) is 16.0. The Balaban J connectivity index is 1.80. The molecule has 2 aromatic carbocycles. The summed E-state index contributed by atoms with van der Waals surface area (Å²) in [7, 11) is -3.33. The van der Waals surface area contributed by atoms with Gasteiger partial charge in [-0.1, -0.05) is 30.3 Å². The highest BCUT2D eigenvalue weighted by molar-refractivity contribution is 7.90. The van der Waals surface area contributed by atoms with Crippen molar-refractivity contribution in [1.82, 2.24) is 4.98 Å². The molecule has 2 aromatic heterocycles. The molecule has 4 aromatic rings. The molecular weight excluding hydrogens is 402 g/mol. The van der Waals surface area contributed by atoms with Crippen LogP contribution in [0.5, 0.6) is 0 Å². The zero-order valence-corrected chi connectivity index (χ0v) is 16.9. The number of cyclic esters (lactones) is 1. The van der Waals surface area contributed by atoms with Crippen LogP contribution < -0.4 is 0 Å². The molecule has 0 saturated heterocycles. The molecule has 0 fully saturated rings. The van der Waals surface area contributed by atoms with Gasteiger partial charge in [0.1, 0.15) is 17.1 Å². The fourth-order valence-corrected chi connectivity index (χ4v) is 4.44. The first-order valence-corrected chi connectivity index (χ1v) is 11.3. The van der Waals surface area contributed by atoms with E-state index in [2.05, 4.69) is 4.98 Å². The molecule has 1 aliphatic rings. The van der Waals surface area contributed by atoms with Crippen LogP contribution in [-0.2, 0) is 21.0 Å². The second-order valence-corrected chi connectivity index (χ2v) is 9.18. The third-order valence-corrected chi connectivity index (χ3v) is 6.34. The Bertz CT molecular complexity index is 1400. The van der Waals surface area contributed by atoms with Crippen molar-refractivity contribution in [3.8, 4) is 22.5 Å². The van der Waals surface area contributed by atoms with Crippen LogP contribution >= 0.6 is 0 Å². The first-order valence-electron chi connectivity index (χ1n) is 9.41. The lowest BCUT2D eigenvalue weighted by atomic mass is 9.94. The molecular formula is C23H17NO5S. The Labute approximate surface area is 173 Å². The zero-order chi connectivity index (χ0) is 20.9. The van der Waals surface area contributed by atoms with Crippen LogP contribution in [0.15, 0.2) is 70.1 Å². The van der Waals surface area contributed by atoms with Crippen LogP contribution in [0, 0.1) is 0 Å². The summed E-state index contributed by atoms with van der Waals surface area (Å²) in [6.07, 6.45) is 3.37. The highest BCUT2D eigenvalue weighted by Crippen LogP contribution is 2.43. The second-order valence-electron chi connectivity index (χ2n) is 7.16. The molecule has 0 aliphatic carbocycles. The largest absolute Gasteiger partial charge is 0.462 e. The number of aromatic nitrogens is 1. The molecule has 0 radical (unpaired) electrons. The van der Waals surface area contributed by atoms with E-state index in [1.807, 2.05) is 30.3 Å². The number of fused-ring (bicyclic) bond motifs is 2. The zero-order valence-electron chi connectivity index (χ0n) is 16.1. The summed E-state index contributed by atoms with van der Waals surface area (Å²) in [5.74, 6) is 0.681. The van der Waals surface area contributed by atoms with Gasteiger partial charge in [-0.25, -0.2) is 13.2 Å². The van der Waals surface area contributed by atoms with Gasteiger partial charge in [0.15, 0.2) is 9.84 Å². The minimum atomic E-state index is -3.33. The SMILES string of the molecule is CS(=O)(=O)c1ccc(-c2c(-c3cccc4ncccc34)oc3c2C(=O)OCC3)cc1. The minimum Gasteiger partial charge on any atom is -0.462 e. The molecule has 0 N–H and O–H groups in total. The topological polar surface area (TPSA) is 86.5 Å². The lowest BCUT2D eigenvalue weighted by Gasteiger charge is -2.12. The Morgan fingerprint density at radius 3 is 2.53 bits per heavy atom. The number of sulfone groups is 1. The fraction of sp³-hybridized carbons (Fsp3) is 0.130. The number of esters is 1. The lowest BCUT2D eigenvalue weighted by molar-refractivity contribution is 0.0470. The summed E-state index contributed by atoms with van der Waals surface area (Å²) < 4.78 is 35.2. The Hall–Kier alpha value is -3.45. The maximum atomic E-state index is 12.6. The van der Waals surface area contributed by atoms with Gasteiger partial charge in [0.25, 0.3) is 0 Å². The van der Waals surface area contributed by atoms with Crippen molar-refractivity contribution < 1.29 is 22.4 Å². The summed E-state index contributed by atoms with van der Waals surface area (Å²) in [5, 5.41) is 0.897. The number of carbonyl (C=O) groups is 1. The monoisotopic (exact) mass is 419 g/mol. The first-order chi connectivity index (χ1) is 14.4. The molecule has 30 heavy (non-hydrogen) atoms. The van der Waals surface area contributed by atoms with E-state index in [9.17, 15) is 13.2 Å². The van der Waals surface area contributed by atoms with E-state index in [1.54, 1.807) is 18.3 Å². The van der Waals surface area contributed by atoms with E-state index >= 15 is 0 Å². The highest BCUT2D eigenvalue weighted by Gasteiger charge is 2.31. The van der Waals surface area contributed by atoms with Crippen LogP contribution in [0.2, 0.25) is 0 Å². The molecule has 150 valence electrons. The molecule has 0 unspecified atom stereocenters. The van der Waals surface area contributed by atoms with Crippen LogP contribution in [0.25, 0.3) is 33.4 Å². The molecule has 7 heteroatoms. The van der Waals surface area contributed by atoms with Crippen molar-refractivity contribution in [1.29, 1.82) is 0 Å². The molecule has 3 heterocycles. The van der Waals surface area contributed by atoms with Crippen molar-refractivity contribution in [2.75, 3.05) is 12.9 Å². The Morgan fingerprint density at radius 1 is 0.967 bits per heavy atom. The molecule has 0 amide bonds. The smallest absolute Gasteiger partial charge is 0.342 e. The number of rotatable bonds is 3. The van der Waals surface area contributed by atoms with Crippen molar-refractivity contribution in [3.63, 3.8) is 0 Å². The maximum Gasteiger partial charge on any atom is 0.342 e. The summed E-state index contributed by atoms with van der Waals surface area (Å²) in [5.41, 5.74) is 3.30. The number of pyridine rings is 1. The highest BCUT2D eigenvalue weighted by atomic mass is 32.2.